The van der Waals surface area contributed by atoms with Crippen LogP contribution in [0, 0.1) is 6.92 Å². The van der Waals surface area contributed by atoms with Crippen LogP contribution in [0.2, 0.25) is 0 Å². The Bertz CT molecular complexity index is 860. The summed E-state index contributed by atoms with van der Waals surface area (Å²) < 4.78 is 30.1. The van der Waals surface area contributed by atoms with Crippen LogP contribution in [0.4, 0.5) is 5.69 Å². The number of rotatable bonds is 4. The highest BCUT2D eigenvalue weighted by atomic mass is 32.2. The molecule has 1 fully saturated rings. The Morgan fingerprint density at radius 2 is 2.08 bits per heavy atom. The molecule has 1 aromatic carbocycles. The second-order valence-electron chi connectivity index (χ2n) is 6.57. The maximum atomic E-state index is 13.3. The van der Waals surface area contributed by atoms with Gasteiger partial charge in [-0.2, -0.15) is 4.31 Å². The highest BCUT2D eigenvalue weighted by Gasteiger charge is 2.36. The number of sulfonamides is 1. The number of imidazole rings is 1. The van der Waals surface area contributed by atoms with Crippen molar-refractivity contribution < 1.29 is 8.42 Å². The van der Waals surface area contributed by atoms with Crippen LogP contribution in [0.1, 0.15) is 17.4 Å². The highest BCUT2D eigenvalue weighted by Crippen LogP contribution is 2.30. The summed E-state index contributed by atoms with van der Waals surface area (Å²) in [5.74, 6) is 0.746. The maximum absolute atomic E-state index is 13.3. The molecule has 1 aromatic heterocycles. The molecule has 0 bridgehead atoms. The second kappa shape index (κ2) is 6.78. The van der Waals surface area contributed by atoms with Gasteiger partial charge in [-0.1, -0.05) is 6.07 Å². The van der Waals surface area contributed by atoms with Crippen LogP contribution in [0.5, 0.6) is 0 Å². The van der Waals surface area contributed by atoms with Gasteiger partial charge in [0, 0.05) is 58.9 Å². The standard InChI is InChI=1S/C17H25N5O2S/c1-13-5-6-14(11-15(13)20(2)3)25(23,24)22-10-7-18-12-16(22)17-19-8-9-21(17)4/h5-6,8-9,11,16,18H,7,10,12H2,1-4H3. The average Bonchev–Trinajstić information content (AvgIpc) is 3.00. The molecule has 25 heavy (non-hydrogen) atoms. The number of benzene rings is 1. The molecule has 7 nitrogen and oxygen atoms in total. The van der Waals surface area contributed by atoms with Gasteiger partial charge >= 0.3 is 0 Å². The number of nitrogens with zero attached hydrogens (tertiary/aromatic N) is 4. The number of piperazine rings is 1. The first kappa shape index (κ1) is 17.9. The van der Waals surface area contributed by atoms with E-state index in [2.05, 4.69) is 10.3 Å². The predicted octanol–water partition coefficient (Wildman–Crippen LogP) is 1.13. The minimum Gasteiger partial charge on any atom is -0.377 e. The fraction of sp³-hybridized carbons (Fsp3) is 0.471. The lowest BCUT2D eigenvalue weighted by atomic mass is 10.2. The summed E-state index contributed by atoms with van der Waals surface area (Å²) in [5.41, 5.74) is 1.95. The zero-order valence-electron chi connectivity index (χ0n) is 15.1. The van der Waals surface area contributed by atoms with Crippen molar-refractivity contribution in [2.24, 2.45) is 7.05 Å². The molecule has 1 aliphatic rings. The minimum absolute atomic E-state index is 0.317. The van der Waals surface area contributed by atoms with Gasteiger partial charge in [-0.15, -0.1) is 0 Å². The third-order valence-corrected chi connectivity index (χ3v) is 6.52. The molecule has 8 heteroatoms. The minimum atomic E-state index is -3.61. The third-order valence-electron chi connectivity index (χ3n) is 4.62. The maximum Gasteiger partial charge on any atom is 0.243 e. The highest BCUT2D eigenvalue weighted by molar-refractivity contribution is 7.89. The van der Waals surface area contributed by atoms with Gasteiger partial charge in [0.25, 0.3) is 0 Å². The molecule has 1 aliphatic heterocycles. The first-order chi connectivity index (χ1) is 11.8. The van der Waals surface area contributed by atoms with Gasteiger partial charge in [0.2, 0.25) is 10.0 Å². The van der Waals surface area contributed by atoms with E-state index in [-0.39, 0.29) is 6.04 Å². The normalized spacial score (nSPS) is 19.1. The zero-order valence-corrected chi connectivity index (χ0v) is 15.9. The van der Waals surface area contributed by atoms with E-state index in [0.717, 1.165) is 17.1 Å². The molecular weight excluding hydrogens is 338 g/mol. The first-order valence-electron chi connectivity index (χ1n) is 8.30. The van der Waals surface area contributed by atoms with Gasteiger partial charge in [0.05, 0.1) is 10.9 Å². The van der Waals surface area contributed by atoms with E-state index in [9.17, 15) is 8.42 Å². The summed E-state index contributed by atoms with van der Waals surface area (Å²) in [7, 11) is 2.11. The molecule has 0 amide bonds. The van der Waals surface area contributed by atoms with E-state index in [4.69, 9.17) is 0 Å². The van der Waals surface area contributed by atoms with Crippen molar-refractivity contribution in [1.29, 1.82) is 0 Å². The summed E-state index contributed by atoms with van der Waals surface area (Å²) in [4.78, 5) is 6.62. The number of aryl methyl sites for hydroxylation is 2. The lowest BCUT2D eigenvalue weighted by Crippen LogP contribution is -2.49. The fourth-order valence-corrected chi connectivity index (χ4v) is 4.87. The zero-order chi connectivity index (χ0) is 18.2. The number of hydrogen-bond acceptors (Lipinski definition) is 5. The Hall–Kier alpha value is -1.90. The third kappa shape index (κ3) is 3.29. The van der Waals surface area contributed by atoms with Crippen molar-refractivity contribution in [2.75, 3.05) is 38.6 Å². The number of nitrogens with one attached hydrogen (secondary N) is 1. The van der Waals surface area contributed by atoms with Crippen LogP contribution in [0.3, 0.4) is 0 Å². The molecule has 0 spiro atoms. The van der Waals surface area contributed by atoms with E-state index >= 15 is 0 Å². The molecule has 3 rings (SSSR count). The summed E-state index contributed by atoms with van der Waals surface area (Å²) in [5, 5.41) is 3.27. The molecule has 136 valence electrons. The first-order valence-corrected chi connectivity index (χ1v) is 9.74. The molecule has 2 aromatic rings. The van der Waals surface area contributed by atoms with Crippen molar-refractivity contribution in [2.45, 2.75) is 17.9 Å². The van der Waals surface area contributed by atoms with Gasteiger partial charge in [0.1, 0.15) is 5.82 Å². The molecule has 1 saturated heterocycles. The van der Waals surface area contributed by atoms with Gasteiger partial charge in [0.15, 0.2) is 0 Å². The van der Waals surface area contributed by atoms with E-state index in [0.29, 0.717) is 24.5 Å². The topological polar surface area (TPSA) is 70.5 Å². The summed E-state index contributed by atoms with van der Waals surface area (Å²) in [6, 6.07) is 4.99. The lowest BCUT2D eigenvalue weighted by Gasteiger charge is -2.34. The molecule has 1 N–H and O–H groups in total. The number of anilines is 1. The van der Waals surface area contributed by atoms with Crippen LogP contribution in [-0.2, 0) is 17.1 Å². The van der Waals surface area contributed by atoms with Crippen LogP contribution in [-0.4, -0.2) is 56.0 Å². The van der Waals surface area contributed by atoms with Crippen molar-refractivity contribution in [3.05, 3.63) is 42.0 Å². The van der Waals surface area contributed by atoms with E-state index in [1.165, 1.54) is 0 Å². The Morgan fingerprint density at radius 3 is 2.72 bits per heavy atom. The van der Waals surface area contributed by atoms with E-state index < -0.39 is 10.0 Å². The SMILES string of the molecule is Cc1ccc(S(=O)(=O)N2CCNCC2c2nccn2C)cc1N(C)C. The molecule has 0 aliphatic carbocycles. The van der Waals surface area contributed by atoms with Crippen molar-refractivity contribution >= 4 is 15.7 Å². The van der Waals surface area contributed by atoms with E-state index in [1.807, 2.05) is 49.8 Å². The number of aromatic nitrogens is 2. The largest absolute Gasteiger partial charge is 0.377 e. The average molecular weight is 363 g/mol. The van der Waals surface area contributed by atoms with Crippen LogP contribution in [0.25, 0.3) is 0 Å². The van der Waals surface area contributed by atoms with Gasteiger partial charge in [-0.05, 0) is 24.6 Å². The smallest absolute Gasteiger partial charge is 0.243 e. The van der Waals surface area contributed by atoms with Gasteiger partial charge in [-0.25, -0.2) is 13.4 Å². The Morgan fingerprint density at radius 1 is 1.32 bits per heavy atom. The Balaban J connectivity index is 2.03. The predicted molar refractivity (Wildman–Crippen MR) is 98.2 cm³/mol. The molecule has 0 saturated carbocycles. The lowest BCUT2D eigenvalue weighted by molar-refractivity contribution is 0.258. The van der Waals surface area contributed by atoms with Gasteiger partial charge < -0.3 is 14.8 Å². The Labute approximate surface area is 149 Å². The van der Waals surface area contributed by atoms with E-state index in [1.54, 1.807) is 22.6 Å². The van der Waals surface area contributed by atoms with Crippen LogP contribution < -0.4 is 10.2 Å². The summed E-state index contributed by atoms with van der Waals surface area (Å²) >= 11 is 0. The fourth-order valence-electron chi connectivity index (χ4n) is 3.26. The molecule has 0 radical (unpaired) electrons. The van der Waals surface area contributed by atoms with Crippen LogP contribution in [0.15, 0.2) is 35.5 Å². The molecular formula is C17H25N5O2S. The quantitative estimate of drug-likeness (QED) is 0.882. The summed E-state index contributed by atoms with van der Waals surface area (Å²) in [6.45, 7) is 3.58. The molecule has 1 unspecified atom stereocenters. The second-order valence-corrected chi connectivity index (χ2v) is 8.47. The molecule has 2 heterocycles. The molecule has 1 atom stereocenters. The van der Waals surface area contributed by atoms with Crippen molar-refractivity contribution in [3.63, 3.8) is 0 Å². The van der Waals surface area contributed by atoms with Crippen molar-refractivity contribution in [3.8, 4) is 0 Å². The van der Waals surface area contributed by atoms with Crippen molar-refractivity contribution in [1.82, 2.24) is 19.2 Å². The number of hydrogen-bond donors (Lipinski definition) is 1. The van der Waals surface area contributed by atoms with Crippen LogP contribution >= 0.6 is 0 Å². The summed E-state index contributed by atoms with van der Waals surface area (Å²) in [6.07, 6.45) is 3.54. The van der Waals surface area contributed by atoms with Gasteiger partial charge in [-0.3, -0.25) is 0 Å². The Kier molecular flexibility index (Phi) is 4.86. The monoisotopic (exact) mass is 363 g/mol.